The zero-order valence-electron chi connectivity index (χ0n) is 17.1. The van der Waals surface area contributed by atoms with Crippen molar-refractivity contribution in [3.05, 3.63) is 53.6 Å². The van der Waals surface area contributed by atoms with Crippen molar-refractivity contribution in [2.75, 3.05) is 37.0 Å². The lowest BCUT2D eigenvalue weighted by molar-refractivity contribution is 0.102. The van der Waals surface area contributed by atoms with E-state index in [1.807, 2.05) is 19.2 Å². The van der Waals surface area contributed by atoms with Crippen LogP contribution in [0.3, 0.4) is 0 Å². The number of ether oxygens (including phenoxy) is 1. The number of unbranched alkanes of at least 4 members (excludes halogenated alkanes) is 1. The van der Waals surface area contributed by atoms with Gasteiger partial charge in [-0.25, -0.2) is 0 Å². The van der Waals surface area contributed by atoms with E-state index in [-0.39, 0.29) is 5.91 Å². The predicted molar refractivity (Wildman–Crippen MR) is 116 cm³/mol. The van der Waals surface area contributed by atoms with Gasteiger partial charge in [-0.2, -0.15) is 5.26 Å². The molecule has 1 aliphatic heterocycles. The highest BCUT2D eigenvalue weighted by Crippen LogP contribution is 2.27. The molecule has 0 radical (unpaired) electrons. The second kappa shape index (κ2) is 9.94. The molecule has 1 atom stereocenters. The van der Waals surface area contributed by atoms with Crippen molar-refractivity contribution < 1.29 is 9.53 Å². The van der Waals surface area contributed by atoms with E-state index in [9.17, 15) is 10.1 Å². The number of nitrogens with one attached hydrogen (secondary N) is 2. The summed E-state index contributed by atoms with van der Waals surface area (Å²) in [6.45, 7) is 4.59. The molecule has 0 saturated carbocycles. The molecule has 2 N–H and O–H groups in total. The summed E-state index contributed by atoms with van der Waals surface area (Å²) in [6, 6.07) is 15.3. The zero-order chi connectivity index (χ0) is 20.6. The number of nitriles is 1. The highest BCUT2D eigenvalue weighted by Gasteiger charge is 2.23. The smallest absolute Gasteiger partial charge is 0.255 e. The molecule has 1 saturated heterocycles. The summed E-state index contributed by atoms with van der Waals surface area (Å²) in [5, 5.41) is 15.7. The van der Waals surface area contributed by atoms with Crippen molar-refractivity contribution in [3.8, 4) is 11.8 Å². The van der Waals surface area contributed by atoms with Crippen molar-refractivity contribution in [2.45, 2.75) is 32.2 Å². The molecule has 0 bridgehead atoms. The van der Waals surface area contributed by atoms with Crippen LogP contribution in [0.2, 0.25) is 0 Å². The number of hydrogen-bond acceptors (Lipinski definition) is 5. The van der Waals surface area contributed by atoms with Crippen LogP contribution in [-0.2, 0) is 0 Å². The van der Waals surface area contributed by atoms with Crippen LogP contribution in [0.4, 0.5) is 11.4 Å². The largest absolute Gasteiger partial charge is 0.494 e. The molecule has 6 nitrogen and oxygen atoms in total. The van der Waals surface area contributed by atoms with Gasteiger partial charge in [-0.1, -0.05) is 13.3 Å². The maximum Gasteiger partial charge on any atom is 0.255 e. The SMILES string of the molecule is CCCCOc1ccc(C(=O)Nc2ccc(N3CCC(NC)C3)c(C#N)c2)cc1. The summed E-state index contributed by atoms with van der Waals surface area (Å²) in [6.07, 6.45) is 3.14. The topological polar surface area (TPSA) is 77.4 Å². The molecule has 1 fully saturated rings. The van der Waals surface area contributed by atoms with Crippen LogP contribution in [0.25, 0.3) is 0 Å². The summed E-state index contributed by atoms with van der Waals surface area (Å²) >= 11 is 0. The molecule has 1 aliphatic rings. The molecule has 152 valence electrons. The lowest BCUT2D eigenvalue weighted by Gasteiger charge is -2.20. The number of anilines is 2. The molecule has 0 aromatic heterocycles. The van der Waals surface area contributed by atoms with Crippen LogP contribution in [0.1, 0.15) is 42.1 Å². The van der Waals surface area contributed by atoms with Gasteiger partial charge >= 0.3 is 0 Å². The van der Waals surface area contributed by atoms with E-state index in [4.69, 9.17) is 4.74 Å². The molecule has 0 aliphatic carbocycles. The van der Waals surface area contributed by atoms with Crippen molar-refractivity contribution in [3.63, 3.8) is 0 Å². The molecule has 2 aromatic carbocycles. The number of carbonyl (C=O) groups is 1. The Morgan fingerprint density at radius 1 is 1.28 bits per heavy atom. The number of likely N-dealkylation sites (N-methyl/N-ethyl adjacent to an activating group) is 1. The van der Waals surface area contributed by atoms with Gasteiger partial charge in [0.05, 0.1) is 17.9 Å². The van der Waals surface area contributed by atoms with Crippen LogP contribution in [0.5, 0.6) is 5.75 Å². The number of hydrogen-bond donors (Lipinski definition) is 2. The number of rotatable bonds is 8. The van der Waals surface area contributed by atoms with Gasteiger partial charge in [0.15, 0.2) is 0 Å². The number of carbonyl (C=O) groups excluding carboxylic acids is 1. The zero-order valence-corrected chi connectivity index (χ0v) is 17.1. The molecule has 29 heavy (non-hydrogen) atoms. The fourth-order valence-corrected chi connectivity index (χ4v) is 3.43. The molecular weight excluding hydrogens is 364 g/mol. The Kier molecular flexibility index (Phi) is 7.09. The lowest BCUT2D eigenvalue weighted by atomic mass is 10.1. The first-order chi connectivity index (χ1) is 14.1. The average Bonchev–Trinajstić information content (AvgIpc) is 3.23. The quantitative estimate of drug-likeness (QED) is 0.669. The van der Waals surface area contributed by atoms with E-state index in [2.05, 4.69) is 28.5 Å². The van der Waals surface area contributed by atoms with Gasteiger partial charge in [-0.05, 0) is 62.4 Å². The summed E-state index contributed by atoms with van der Waals surface area (Å²) in [5.74, 6) is 0.551. The van der Waals surface area contributed by atoms with E-state index in [0.29, 0.717) is 29.5 Å². The first kappa shape index (κ1) is 20.7. The molecule has 1 unspecified atom stereocenters. The molecular formula is C23H28N4O2. The van der Waals surface area contributed by atoms with Crippen LogP contribution >= 0.6 is 0 Å². The Balaban J connectivity index is 1.65. The Labute approximate surface area is 172 Å². The fourth-order valence-electron chi connectivity index (χ4n) is 3.43. The average molecular weight is 393 g/mol. The van der Waals surface area contributed by atoms with Gasteiger partial charge in [0.2, 0.25) is 0 Å². The third-order valence-electron chi connectivity index (χ3n) is 5.20. The standard InChI is InChI=1S/C23H28N4O2/c1-3-4-13-29-21-8-5-17(6-9-21)23(28)26-19-7-10-22(18(14-19)15-24)27-12-11-20(16-27)25-2/h5-10,14,20,25H,3-4,11-13,16H2,1-2H3,(H,26,28). The first-order valence-electron chi connectivity index (χ1n) is 10.1. The molecule has 2 aromatic rings. The second-order valence-electron chi connectivity index (χ2n) is 7.24. The minimum absolute atomic E-state index is 0.210. The molecule has 1 amide bonds. The number of nitrogens with zero attached hydrogens (tertiary/aromatic N) is 2. The summed E-state index contributed by atoms with van der Waals surface area (Å²) in [7, 11) is 1.96. The van der Waals surface area contributed by atoms with Crippen molar-refractivity contribution in [1.82, 2.24) is 5.32 Å². The third-order valence-corrected chi connectivity index (χ3v) is 5.20. The first-order valence-corrected chi connectivity index (χ1v) is 10.1. The van der Waals surface area contributed by atoms with Gasteiger partial charge in [0, 0.05) is 30.4 Å². The van der Waals surface area contributed by atoms with E-state index in [0.717, 1.165) is 43.8 Å². The summed E-state index contributed by atoms with van der Waals surface area (Å²) in [5.41, 5.74) is 2.64. The maximum atomic E-state index is 12.6. The second-order valence-corrected chi connectivity index (χ2v) is 7.24. The Bertz CT molecular complexity index is 873. The van der Waals surface area contributed by atoms with E-state index < -0.39 is 0 Å². The van der Waals surface area contributed by atoms with Gasteiger partial charge < -0.3 is 20.3 Å². The Morgan fingerprint density at radius 2 is 2.07 bits per heavy atom. The van der Waals surface area contributed by atoms with Crippen LogP contribution in [-0.4, -0.2) is 38.7 Å². The van der Waals surface area contributed by atoms with Crippen LogP contribution in [0.15, 0.2) is 42.5 Å². The maximum absolute atomic E-state index is 12.6. The number of amides is 1. The molecule has 0 spiro atoms. The van der Waals surface area contributed by atoms with Crippen molar-refractivity contribution in [2.24, 2.45) is 0 Å². The number of benzene rings is 2. The highest BCUT2D eigenvalue weighted by atomic mass is 16.5. The van der Waals surface area contributed by atoms with Crippen molar-refractivity contribution in [1.29, 1.82) is 5.26 Å². The Hall–Kier alpha value is -3.04. The normalized spacial score (nSPS) is 15.8. The minimum atomic E-state index is -0.210. The predicted octanol–water partition coefficient (Wildman–Crippen LogP) is 3.79. The van der Waals surface area contributed by atoms with E-state index in [1.165, 1.54) is 0 Å². The van der Waals surface area contributed by atoms with Crippen molar-refractivity contribution >= 4 is 17.3 Å². The summed E-state index contributed by atoms with van der Waals surface area (Å²) in [4.78, 5) is 14.8. The van der Waals surface area contributed by atoms with Gasteiger partial charge in [0.1, 0.15) is 11.8 Å². The molecule has 6 heteroatoms. The van der Waals surface area contributed by atoms with Gasteiger partial charge in [-0.15, -0.1) is 0 Å². The van der Waals surface area contributed by atoms with Gasteiger partial charge in [-0.3, -0.25) is 4.79 Å². The fraction of sp³-hybridized carbons (Fsp3) is 0.391. The van der Waals surface area contributed by atoms with E-state index in [1.54, 1.807) is 30.3 Å². The van der Waals surface area contributed by atoms with E-state index >= 15 is 0 Å². The minimum Gasteiger partial charge on any atom is -0.494 e. The monoisotopic (exact) mass is 392 g/mol. The Morgan fingerprint density at radius 3 is 2.72 bits per heavy atom. The highest BCUT2D eigenvalue weighted by molar-refractivity contribution is 6.04. The summed E-state index contributed by atoms with van der Waals surface area (Å²) < 4.78 is 5.63. The third kappa shape index (κ3) is 5.27. The molecule has 3 rings (SSSR count). The van der Waals surface area contributed by atoms with Gasteiger partial charge in [0.25, 0.3) is 5.91 Å². The van der Waals surface area contributed by atoms with Crippen LogP contribution in [0, 0.1) is 11.3 Å². The lowest BCUT2D eigenvalue weighted by Crippen LogP contribution is -2.29. The molecule has 1 heterocycles. The van der Waals surface area contributed by atoms with Crippen LogP contribution < -0.4 is 20.3 Å².